The van der Waals surface area contributed by atoms with Gasteiger partial charge in [-0.2, -0.15) is 0 Å². The molecule has 0 saturated heterocycles. The first-order valence-corrected chi connectivity index (χ1v) is 3.13. The zero-order valence-electron chi connectivity index (χ0n) is 13.6. The molecule has 0 unspecified atom stereocenters. The number of halogens is 1. The number of pyridine rings is 1. The summed E-state index contributed by atoms with van der Waals surface area (Å²) in [7, 11) is -3.10. The highest BCUT2D eigenvalue weighted by Gasteiger charge is 2.10. The fraction of sp³-hybridized carbons (Fsp3) is 0.250. The second kappa shape index (κ2) is 3.54. The molecule has 0 atom stereocenters. The Morgan fingerprint density at radius 2 is 2.67 bits per heavy atom. The third-order valence-corrected chi connectivity index (χ3v) is 1.20. The van der Waals surface area contributed by atoms with E-state index in [4.69, 9.17) is 22.6 Å². The van der Waals surface area contributed by atoms with Crippen LogP contribution in [0, 0.1) is 6.85 Å². The molecule has 0 aromatic carbocycles. The Morgan fingerprint density at radius 1 is 1.83 bits per heavy atom. The normalized spacial score (nSPS) is 21.4. The molecule has 3 nitrogen and oxygen atoms in total. The zero-order valence-corrected chi connectivity index (χ0v) is 6.40. The molecule has 12 heavy (non-hydrogen) atoms. The number of hydrogen-bond donors (Lipinski definition) is 0. The Morgan fingerprint density at radius 3 is 3.33 bits per heavy atom. The van der Waals surface area contributed by atoms with Gasteiger partial charge in [0.25, 0.3) is 0 Å². The molecule has 64 valence electrons. The van der Waals surface area contributed by atoms with Crippen molar-refractivity contribution in [1.82, 2.24) is 4.98 Å². The number of aromatic nitrogens is 1. The molecule has 4 heteroatoms. The monoisotopic (exact) mass is 193 g/mol. The van der Waals surface area contributed by atoms with Crippen LogP contribution in [0.5, 0.6) is 0 Å². The summed E-state index contributed by atoms with van der Waals surface area (Å²) >= 11 is 5.51. The van der Waals surface area contributed by atoms with Crippen LogP contribution in [-0.2, 0) is 4.74 Å². The van der Waals surface area contributed by atoms with Crippen LogP contribution in [0.2, 0.25) is 5.15 Å². The van der Waals surface area contributed by atoms with Gasteiger partial charge in [-0.05, 0) is 18.5 Å². The lowest BCUT2D eigenvalue weighted by Gasteiger charge is -2.01. The van der Waals surface area contributed by atoms with Crippen molar-refractivity contribution in [3.05, 3.63) is 28.5 Å². The molecular weight excluding hydrogens is 178 g/mol. The van der Waals surface area contributed by atoms with E-state index in [1.807, 2.05) is 0 Å². The van der Waals surface area contributed by atoms with E-state index in [-0.39, 0.29) is 0 Å². The van der Waals surface area contributed by atoms with Crippen LogP contribution in [0.25, 0.3) is 0 Å². The van der Waals surface area contributed by atoms with Crippen molar-refractivity contribution in [2.24, 2.45) is 0 Å². The lowest BCUT2D eigenvalue weighted by Crippen LogP contribution is -2.06. The number of ether oxygens (including phenoxy) is 1. The van der Waals surface area contributed by atoms with Crippen molar-refractivity contribution in [1.29, 1.82) is 0 Å². The molecule has 0 bridgehead atoms. The maximum absolute atomic E-state index is 11.6. The molecule has 0 aliphatic heterocycles. The molecule has 1 heterocycles. The molecule has 1 rings (SSSR count). The van der Waals surface area contributed by atoms with Gasteiger partial charge >= 0.3 is 5.97 Å². The fourth-order valence-electron chi connectivity index (χ4n) is 0.551. The molecule has 0 amide bonds. The second-order valence-electron chi connectivity index (χ2n) is 1.77. The second-order valence-corrected chi connectivity index (χ2v) is 2.12. The first kappa shape index (κ1) is 3.00. The van der Waals surface area contributed by atoms with Crippen molar-refractivity contribution < 1.29 is 20.5 Å². The first-order valence-electron chi connectivity index (χ1n) is 6.75. The van der Waals surface area contributed by atoms with Crippen LogP contribution in [0.1, 0.15) is 27.0 Å². The van der Waals surface area contributed by atoms with Gasteiger partial charge in [0.15, 0.2) is 5.69 Å². The minimum atomic E-state index is -3.10. The topological polar surface area (TPSA) is 39.2 Å². The molecule has 0 aliphatic rings. The van der Waals surface area contributed by atoms with E-state index in [9.17, 15) is 4.79 Å². The molecule has 0 fully saturated rings. The summed E-state index contributed by atoms with van der Waals surface area (Å²) in [5.74, 6) is -1.55. The predicted molar refractivity (Wildman–Crippen MR) is 45.3 cm³/mol. The standard InChI is InChI=1S/C8H8ClNO2/c1-5-3-4-6(9)10-7(5)8(11)12-2/h3-4H,1-2H3/i1D3,2D3,3D,4D. The van der Waals surface area contributed by atoms with Crippen LogP contribution < -0.4 is 0 Å². The van der Waals surface area contributed by atoms with E-state index < -0.39 is 48.4 Å². The number of esters is 1. The molecule has 1 aromatic heterocycles. The summed E-state index contributed by atoms with van der Waals surface area (Å²) < 4.78 is 61.1. The minimum Gasteiger partial charge on any atom is -0.464 e. The van der Waals surface area contributed by atoms with Crippen molar-refractivity contribution >= 4 is 17.6 Å². The fourth-order valence-corrected chi connectivity index (χ4v) is 0.683. The van der Waals surface area contributed by atoms with Gasteiger partial charge < -0.3 is 4.74 Å². The van der Waals surface area contributed by atoms with Gasteiger partial charge in [0.05, 0.1) is 13.9 Å². The smallest absolute Gasteiger partial charge is 0.356 e. The molecule has 0 radical (unpaired) electrons. The third kappa shape index (κ3) is 1.74. The van der Waals surface area contributed by atoms with Gasteiger partial charge in [-0.25, -0.2) is 9.78 Å². The van der Waals surface area contributed by atoms with Gasteiger partial charge in [-0.15, -0.1) is 0 Å². The van der Waals surface area contributed by atoms with Crippen molar-refractivity contribution in [2.75, 3.05) is 7.04 Å². The number of hydrogen-bond acceptors (Lipinski definition) is 3. The highest BCUT2D eigenvalue weighted by atomic mass is 35.5. The lowest BCUT2D eigenvalue weighted by atomic mass is 10.2. The minimum absolute atomic E-state index is 0.597. The quantitative estimate of drug-likeness (QED) is 0.505. The highest BCUT2D eigenvalue weighted by molar-refractivity contribution is 6.29. The number of nitrogens with zero attached hydrogens (tertiary/aromatic N) is 1. The summed E-state index contributed by atoms with van der Waals surface area (Å²) in [6, 6.07) is -1.51. The summed E-state index contributed by atoms with van der Waals surface area (Å²) in [5.41, 5.74) is -1.78. The average Bonchev–Trinajstić information content (AvgIpc) is 2.20. The zero-order chi connectivity index (χ0) is 15.9. The molecular formula is C8H8ClNO2. The van der Waals surface area contributed by atoms with E-state index in [1.165, 1.54) is 0 Å². The van der Waals surface area contributed by atoms with Gasteiger partial charge in [0.2, 0.25) is 0 Å². The van der Waals surface area contributed by atoms with E-state index in [2.05, 4.69) is 9.72 Å². The molecule has 0 N–H and O–H groups in total. The van der Waals surface area contributed by atoms with Crippen LogP contribution in [-0.4, -0.2) is 18.0 Å². The van der Waals surface area contributed by atoms with E-state index in [0.717, 1.165) is 0 Å². The Balaban J connectivity index is 3.50. The van der Waals surface area contributed by atoms with Gasteiger partial charge in [-0.3, -0.25) is 0 Å². The van der Waals surface area contributed by atoms with Crippen molar-refractivity contribution in [3.8, 4) is 0 Å². The Kier molecular flexibility index (Phi) is 0.884. The number of methoxy groups -OCH3 is 1. The first-order chi connectivity index (χ1) is 8.84. The number of carbonyl (C=O) groups excluding carboxylic acids is 1. The van der Waals surface area contributed by atoms with Crippen molar-refractivity contribution in [3.63, 3.8) is 0 Å². The highest BCUT2D eigenvalue weighted by Crippen LogP contribution is 2.10. The average molecular weight is 194 g/mol. The molecule has 0 spiro atoms. The van der Waals surface area contributed by atoms with Crippen LogP contribution in [0.15, 0.2) is 12.1 Å². The van der Waals surface area contributed by atoms with Crippen LogP contribution in [0.4, 0.5) is 0 Å². The lowest BCUT2D eigenvalue weighted by molar-refractivity contribution is 0.0593. The van der Waals surface area contributed by atoms with Gasteiger partial charge in [-0.1, -0.05) is 17.6 Å². The maximum Gasteiger partial charge on any atom is 0.356 e. The molecule has 1 aromatic rings. The van der Waals surface area contributed by atoms with E-state index in [1.54, 1.807) is 0 Å². The Labute approximate surface area is 86.6 Å². The summed E-state index contributed by atoms with van der Waals surface area (Å²) in [6.07, 6.45) is 0. The summed E-state index contributed by atoms with van der Waals surface area (Å²) in [5, 5.41) is -0.597. The SMILES string of the molecule is [2H]c1c(Cl)nc(C(=O)OC([2H])([2H])[2H])c(C([2H])([2H])[2H])c1[2H]. The molecule has 0 saturated carbocycles. The maximum atomic E-state index is 11.6. The van der Waals surface area contributed by atoms with Crippen LogP contribution >= 0.6 is 11.6 Å². The van der Waals surface area contributed by atoms with E-state index >= 15 is 0 Å². The van der Waals surface area contributed by atoms with Gasteiger partial charge in [0.1, 0.15) is 5.15 Å². The van der Waals surface area contributed by atoms with Crippen molar-refractivity contribution in [2.45, 2.75) is 6.85 Å². The number of carbonyl (C=O) groups is 1. The van der Waals surface area contributed by atoms with E-state index in [0.29, 0.717) is 0 Å². The van der Waals surface area contributed by atoms with Crippen LogP contribution in [0.3, 0.4) is 0 Å². The molecule has 0 aliphatic carbocycles. The summed E-state index contributed by atoms with van der Waals surface area (Å²) in [4.78, 5) is 15.0. The third-order valence-electron chi connectivity index (χ3n) is 1.02. The Hall–Kier alpha value is -1.09. The van der Waals surface area contributed by atoms with Gasteiger partial charge in [0, 0.05) is 4.11 Å². The predicted octanol–water partition coefficient (Wildman–Crippen LogP) is 1.83. The summed E-state index contributed by atoms with van der Waals surface area (Å²) in [6.45, 7) is -2.95. The largest absolute Gasteiger partial charge is 0.464 e. The number of rotatable bonds is 1. The Bertz CT molecular complexity index is 553.